The van der Waals surface area contributed by atoms with Crippen LogP contribution in [0.1, 0.15) is 5.56 Å². The summed E-state index contributed by atoms with van der Waals surface area (Å²) >= 11 is 16.7. The van der Waals surface area contributed by atoms with Crippen molar-refractivity contribution < 1.29 is 4.79 Å². The molecule has 21 heavy (non-hydrogen) atoms. The van der Waals surface area contributed by atoms with E-state index < -0.39 is 0 Å². The lowest BCUT2D eigenvalue weighted by Crippen LogP contribution is -2.14. The van der Waals surface area contributed by atoms with Crippen LogP contribution in [0.3, 0.4) is 0 Å². The van der Waals surface area contributed by atoms with Crippen molar-refractivity contribution in [3.8, 4) is 0 Å². The number of benzene rings is 2. The Hall–Kier alpha value is -0.680. The molecule has 0 fully saturated rings. The van der Waals surface area contributed by atoms with Gasteiger partial charge in [0, 0.05) is 15.9 Å². The van der Waals surface area contributed by atoms with Crippen molar-refractivity contribution >= 4 is 62.5 Å². The molecule has 2 aromatic carbocycles. The molecule has 0 bridgehead atoms. The maximum Gasteiger partial charge on any atom is 0.234 e. The summed E-state index contributed by atoms with van der Waals surface area (Å²) in [5.41, 5.74) is 1.84. The van der Waals surface area contributed by atoms with Crippen LogP contribution in [-0.4, -0.2) is 11.7 Å². The third-order valence-corrected chi connectivity index (χ3v) is 4.89. The van der Waals surface area contributed by atoms with Crippen molar-refractivity contribution in [3.63, 3.8) is 0 Å². The molecule has 0 aliphatic carbocycles. The van der Waals surface area contributed by atoms with Crippen molar-refractivity contribution in [2.45, 2.75) is 5.75 Å². The Bertz CT molecular complexity index is 634. The van der Waals surface area contributed by atoms with Gasteiger partial charge in [-0.2, -0.15) is 0 Å². The van der Waals surface area contributed by atoms with E-state index in [-0.39, 0.29) is 5.91 Å². The number of hydrogen-bond acceptors (Lipinski definition) is 2. The molecule has 2 rings (SSSR count). The molecular formula is C15H12BrCl2NOS. The molecule has 0 aliphatic rings. The molecule has 0 radical (unpaired) electrons. The monoisotopic (exact) mass is 403 g/mol. The van der Waals surface area contributed by atoms with Crippen LogP contribution >= 0.6 is 50.9 Å². The maximum absolute atomic E-state index is 11.8. The fourth-order valence-corrected chi connectivity index (χ4v) is 2.98. The number of carbonyl (C=O) groups excluding carboxylic acids is 1. The smallest absolute Gasteiger partial charge is 0.234 e. The highest BCUT2D eigenvalue weighted by Crippen LogP contribution is 2.24. The molecule has 0 unspecified atom stereocenters. The fourth-order valence-electron chi connectivity index (χ4n) is 1.62. The van der Waals surface area contributed by atoms with Crippen molar-refractivity contribution in [1.29, 1.82) is 0 Å². The Morgan fingerprint density at radius 2 is 1.81 bits per heavy atom. The predicted molar refractivity (Wildman–Crippen MR) is 95.4 cm³/mol. The first-order chi connectivity index (χ1) is 10.0. The quantitative estimate of drug-likeness (QED) is 0.699. The molecule has 0 heterocycles. The molecule has 0 saturated heterocycles. The van der Waals surface area contributed by atoms with Crippen LogP contribution in [0.25, 0.3) is 0 Å². The molecule has 2 nitrogen and oxygen atoms in total. The first-order valence-electron chi connectivity index (χ1n) is 6.11. The van der Waals surface area contributed by atoms with Gasteiger partial charge in [0.25, 0.3) is 0 Å². The van der Waals surface area contributed by atoms with Crippen LogP contribution in [0, 0.1) is 0 Å². The highest BCUT2D eigenvalue weighted by atomic mass is 79.9. The zero-order valence-electron chi connectivity index (χ0n) is 10.9. The van der Waals surface area contributed by atoms with Crippen LogP contribution in [0.15, 0.2) is 46.9 Å². The van der Waals surface area contributed by atoms with Crippen LogP contribution in [0.5, 0.6) is 0 Å². The van der Waals surface area contributed by atoms with Crippen LogP contribution in [-0.2, 0) is 10.5 Å². The molecule has 0 saturated carbocycles. The van der Waals surface area contributed by atoms with Gasteiger partial charge in [-0.25, -0.2) is 0 Å². The topological polar surface area (TPSA) is 29.1 Å². The van der Waals surface area contributed by atoms with Crippen molar-refractivity contribution in [2.75, 3.05) is 11.1 Å². The summed E-state index contributed by atoms with van der Waals surface area (Å²) in [6.45, 7) is 0. The molecular weight excluding hydrogens is 393 g/mol. The number of rotatable bonds is 5. The van der Waals surface area contributed by atoms with Crippen molar-refractivity contribution in [2.24, 2.45) is 0 Å². The van der Waals surface area contributed by atoms with Crippen molar-refractivity contribution in [3.05, 3.63) is 62.5 Å². The van der Waals surface area contributed by atoms with E-state index in [0.717, 1.165) is 15.7 Å². The van der Waals surface area contributed by atoms with Crippen molar-refractivity contribution in [1.82, 2.24) is 0 Å². The third-order valence-electron chi connectivity index (χ3n) is 2.61. The van der Waals surface area contributed by atoms with Gasteiger partial charge in [-0.1, -0.05) is 45.2 Å². The summed E-state index contributed by atoms with van der Waals surface area (Å²) in [5, 5.41) is 3.92. The standard InChI is InChI=1S/C15H12BrCl2NOS/c16-11-2-4-12(5-3-11)19-15(20)9-21-8-10-1-6-13(17)14(18)7-10/h1-7H,8-9H2,(H,19,20). The first-order valence-corrected chi connectivity index (χ1v) is 8.82. The summed E-state index contributed by atoms with van der Waals surface area (Å²) in [7, 11) is 0. The van der Waals surface area contributed by atoms with Gasteiger partial charge in [-0.05, 0) is 42.0 Å². The van der Waals surface area contributed by atoms with Crippen LogP contribution in [0.4, 0.5) is 5.69 Å². The highest BCUT2D eigenvalue weighted by molar-refractivity contribution is 9.10. The normalized spacial score (nSPS) is 10.4. The number of halogens is 3. The second-order valence-electron chi connectivity index (χ2n) is 4.30. The fraction of sp³-hybridized carbons (Fsp3) is 0.133. The minimum Gasteiger partial charge on any atom is -0.325 e. The largest absolute Gasteiger partial charge is 0.325 e. The average Bonchev–Trinajstić information content (AvgIpc) is 2.45. The van der Waals surface area contributed by atoms with Gasteiger partial charge in [0.15, 0.2) is 0 Å². The number of thioether (sulfide) groups is 1. The van der Waals surface area contributed by atoms with Gasteiger partial charge in [-0.15, -0.1) is 11.8 Å². The van der Waals surface area contributed by atoms with Crippen LogP contribution in [0.2, 0.25) is 10.0 Å². The third kappa shape index (κ3) is 5.55. The molecule has 0 aliphatic heterocycles. The maximum atomic E-state index is 11.8. The Balaban J connectivity index is 1.78. The van der Waals surface area contributed by atoms with E-state index >= 15 is 0 Å². The molecule has 0 atom stereocenters. The van der Waals surface area contributed by atoms with E-state index in [4.69, 9.17) is 23.2 Å². The summed E-state index contributed by atoms with van der Waals surface area (Å²) in [4.78, 5) is 11.8. The van der Waals surface area contributed by atoms with E-state index in [2.05, 4.69) is 21.2 Å². The molecule has 110 valence electrons. The van der Waals surface area contributed by atoms with E-state index in [1.165, 1.54) is 11.8 Å². The van der Waals surface area contributed by atoms with Gasteiger partial charge < -0.3 is 5.32 Å². The lowest BCUT2D eigenvalue weighted by Gasteiger charge is -2.06. The number of hydrogen-bond donors (Lipinski definition) is 1. The highest BCUT2D eigenvalue weighted by Gasteiger charge is 2.04. The van der Waals surface area contributed by atoms with Crippen LogP contribution < -0.4 is 5.32 Å². The second-order valence-corrected chi connectivity index (χ2v) is 7.01. The summed E-state index contributed by atoms with van der Waals surface area (Å²) in [6, 6.07) is 13.0. The molecule has 1 N–H and O–H groups in total. The predicted octanol–water partition coefficient (Wildman–Crippen LogP) is 5.63. The Kier molecular flexibility index (Phi) is 6.42. The molecule has 2 aromatic rings. The van der Waals surface area contributed by atoms with Gasteiger partial charge in [0.2, 0.25) is 5.91 Å². The SMILES string of the molecule is O=C(CSCc1ccc(Cl)c(Cl)c1)Nc1ccc(Br)cc1. The lowest BCUT2D eigenvalue weighted by atomic mass is 10.2. The minimum atomic E-state index is -0.0256. The van der Waals surface area contributed by atoms with E-state index in [9.17, 15) is 4.79 Å². The Labute approximate surface area is 146 Å². The number of anilines is 1. The zero-order valence-corrected chi connectivity index (χ0v) is 14.8. The second kappa shape index (κ2) is 8.08. The Morgan fingerprint density at radius 3 is 2.48 bits per heavy atom. The van der Waals surface area contributed by atoms with Gasteiger partial charge in [0.05, 0.1) is 15.8 Å². The zero-order chi connectivity index (χ0) is 15.2. The summed E-state index contributed by atoms with van der Waals surface area (Å²) in [5.74, 6) is 1.07. The molecule has 1 amide bonds. The number of amides is 1. The molecule has 0 aromatic heterocycles. The molecule has 0 spiro atoms. The van der Waals surface area contributed by atoms with Gasteiger partial charge in [-0.3, -0.25) is 4.79 Å². The number of nitrogens with one attached hydrogen (secondary N) is 1. The van der Waals surface area contributed by atoms with Gasteiger partial charge in [0.1, 0.15) is 0 Å². The minimum absolute atomic E-state index is 0.0256. The number of carbonyl (C=O) groups is 1. The lowest BCUT2D eigenvalue weighted by molar-refractivity contribution is -0.113. The summed E-state index contributed by atoms with van der Waals surface area (Å²) in [6.07, 6.45) is 0. The van der Waals surface area contributed by atoms with E-state index in [0.29, 0.717) is 21.6 Å². The summed E-state index contributed by atoms with van der Waals surface area (Å²) < 4.78 is 0.981. The Morgan fingerprint density at radius 1 is 1.10 bits per heavy atom. The van der Waals surface area contributed by atoms with E-state index in [1.807, 2.05) is 36.4 Å². The first kappa shape index (κ1) is 16.7. The molecule has 6 heteroatoms. The van der Waals surface area contributed by atoms with E-state index in [1.54, 1.807) is 6.07 Å². The van der Waals surface area contributed by atoms with Gasteiger partial charge >= 0.3 is 0 Å². The average molecular weight is 405 g/mol.